The summed E-state index contributed by atoms with van der Waals surface area (Å²) in [7, 11) is 1.58. The van der Waals surface area contributed by atoms with Gasteiger partial charge in [-0.2, -0.15) is 0 Å². The molecule has 0 aliphatic heterocycles. The van der Waals surface area contributed by atoms with Crippen molar-refractivity contribution in [2.75, 3.05) is 25.6 Å². The van der Waals surface area contributed by atoms with E-state index in [-0.39, 0.29) is 13.2 Å². The highest BCUT2D eigenvalue weighted by Crippen LogP contribution is 2.28. The fourth-order valence-electron chi connectivity index (χ4n) is 2.30. The summed E-state index contributed by atoms with van der Waals surface area (Å²) in [5, 5.41) is 3.29. The largest absolute Gasteiger partial charge is 0.493 e. The Hall–Kier alpha value is -2.66. The van der Waals surface area contributed by atoms with Crippen molar-refractivity contribution >= 4 is 29.5 Å². The van der Waals surface area contributed by atoms with E-state index in [1.807, 2.05) is 44.2 Å². The van der Waals surface area contributed by atoms with E-state index in [1.165, 1.54) is 0 Å². The van der Waals surface area contributed by atoms with Gasteiger partial charge in [-0.15, -0.1) is 0 Å². The molecule has 0 saturated carbocycles. The minimum absolute atomic E-state index is 0.109. The predicted molar refractivity (Wildman–Crippen MR) is 104 cm³/mol. The lowest BCUT2D eigenvalue weighted by Gasteiger charge is -2.12. The topological polar surface area (TPSA) is 56.8 Å². The lowest BCUT2D eigenvalue weighted by molar-refractivity contribution is 0.136. The summed E-state index contributed by atoms with van der Waals surface area (Å²) in [5.41, 5.74) is 2.53. The molecule has 2 aromatic carbocycles. The molecule has 2 rings (SSSR count). The van der Waals surface area contributed by atoms with Crippen LogP contribution < -0.4 is 14.8 Å². The molecule has 6 heteroatoms. The number of aryl methyl sites for hydroxylation is 1. The third kappa shape index (κ3) is 5.70. The van der Waals surface area contributed by atoms with E-state index in [1.54, 1.807) is 25.3 Å². The average molecular weight is 376 g/mol. The highest BCUT2D eigenvalue weighted by atomic mass is 35.5. The zero-order valence-electron chi connectivity index (χ0n) is 15.0. The van der Waals surface area contributed by atoms with Crippen LogP contribution in [0.4, 0.5) is 10.5 Å². The predicted octanol–water partition coefficient (Wildman–Crippen LogP) is 5.32. The number of nitrogens with one attached hydrogen (secondary N) is 1. The highest BCUT2D eigenvalue weighted by molar-refractivity contribution is 6.30. The molecule has 0 radical (unpaired) electrons. The molecule has 0 aromatic heterocycles. The number of hydrogen-bond donors (Lipinski definition) is 1. The van der Waals surface area contributed by atoms with Crippen molar-refractivity contribution in [1.82, 2.24) is 0 Å². The summed E-state index contributed by atoms with van der Waals surface area (Å²) in [6.07, 6.45) is 3.37. The summed E-state index contributed by atoms with van der Waals surface area (Å²) in [4.78, 5) is 11.8. The van der Waals surface area contributed by atoms with Gasteiger partial charge in [0.2, 0.25) is 0 Å². The van der Waals surface area contributed by atoms with Crippen LogP contribution in [0.3, 0.4) is 0 Å². The first-order chi connectivity index (χ1) is 12.5. The van der Waals surface area contributed by atoms with Gasteiger partial charge in [-0.1, -0.05) is 29.8 Å². The molecule has 0 aliphatic rings. The first kappa shape index (κ1) is 19.7. The number of anilines is 1. The van der Waals surface area contributed by atoms with E-state index in [4.69, 9.17) is 25.8 Å². The fraction of sp³-hybridized carbons (Fsp3) is 0.250. The fourth-order valence-corrected chi connectivity index (χ4v) is 2.53. The number of hydrogen-bond acceptors (Lipinski definition) is 4. The van der Waals surface area contributed by atoms with Gasteiger partial charge >= 0.3 is 6.09 Å². The minimum Gasteiger partial charge on any atom is -0.493 e. The lowest BCUT2D eigenvalue weighted by atomic mass is 10.2. The van der Waals surface area contributed by atoms with Crippen molar-refractivity contribution in [3.63, 3.8) is 0 Å². The van der Waals surface area contributed by atoms with E-state index >= 15 is 0 Å². The second-order valence-corrected chi connectivity index (χ2v) is 5.92. The third-order valence-electron chi connectivity index (χ3n) is 3.55. The Kier molecular flexibility index (Phi) is 7.36. The maximum Gasteiger partial charge on any atom is 0.411 e. The second kappa shape index (κ2) is 9.73. The van der Waals surface area contributed by atoms with Crippen LogP contribution in [0, 0.1) is 6.92 Å². The quantitative estimate of drug-likeness (QED) is 0.665. The van der Waals surface area contributed by atoms with Crippen LogP contribution >= 0.6 is 11.6 Å². The van der Waals surface area contributed by atoms with Gasteiger partial charge in [-0.25, -0.2) is 4.79 Å². The highest BCUT2D eigenvalue weighted by Gasteiger charge is 2.08. The summed E-state index contributed by atoms with van der Waals surface area (Å²) < 4.78 is 16.1. The number of methoxy groups -OCH3 is 1. The van der Waals surface area contributed by atoms with E-state index < -0.39 is 6.09 Å². The molecule has 138 valence electrons. The van der Waals surface area contributed by atoms with Gasteiger partial charge in [-0.05, 0) is 55.3 Å². The summed E-state index contributed by atoms with van der Waals surface area (Å²) in [6.45, 7) is 4.13. The van der Waals surface area contributed by atoms with E-state index in [9.17, 15) is 4.79 Å². The van der Waals surface area contributed by atoms with Crippen molar-refractivity contribution in [1.29, 1.82) is 0 Å². The molecule has 0 fully saturated rings. The number of rotatable bonds is 7. The molecule has 0 atom stereocenters. The summed E-state index contributed by atoms with van der Waals surface area (Å²) in [5.74, 6) is 1.22. The Morgan fingerprint density at radius 3 is 2.65 bits per heavy atom. The van der Waals surface area contributed by atoms with Crippen molar-refractivity contribution in [2.45, 2.75) is 13.8 Å². The van der Waals surface area contributed by atoms with Gasteiger partial charge in [0.15, 0.2) is 11.5 Å². The number of carbonyl (C=O) groups excluding carboxylic acids is 1. The maximum absolute atomic E-state index is 11.8. The molecular formula is C20H22ClNO4. The molecule has 0 saturated heterocycles. The molecular weight excluding hydrogens is 354 g/mol. The van der Waals surface area contributed by atoms with Gasteiger partial charge in [0.25, 0.3) is 0 Å². The first-order valence-electron chi connectivity index (χ1n) is 8.17. The normalized spacial score (nSPS) is 10.6. The van der Waals surface area contributed by atoms with Gasteiger partial charge in [-0.3, -0.25) is 5.32 Å². The number of amides is 1. The molecule has 0 heterocycles. The lowest BCUT2D eigenvalue weighted by Crippen LogP contribution is -2.18. The number of carbonyl (C=O) groups is 1. The monoisotopic (exact) mass is 375 g/mol. The molecule has 0 bridgehead atoms. The molecule has 1 amide bonds. The van der Waals surface area contributed by atoms with Crippen molar-refractivity contribution in [3.8, 4) is 11.5 Å². The first-order valence-corrected chi connectivity index (χ1v) is 8.54. The Labute approximate surface area is 158 Å². The summed E-state index contributed by atoms with van der Waals surface area (Å²) in [6, 6.07) is 10.8. The van der Waals surface area contributed by atoms with Gasteiger partial charge in [0, 0.05) is 10.7 Å². The van der Waals surface area contributed by atoms with Crippen LogP contribution in [0.5, 0.6) is 11.5 Å². The van der Waals surface area contributed by atoms with Crippen LogP contribution in [0.2, 0.25) is 5.02 Å². The molecule has 2 aromatic rings. The van der Waals surface area contributed by atoms with Gasteiger partial charge in [0.05, 0.1) is 7.11 Å². The summed E-state index contributed by atoms with van der Waals surface area (Å²) >= 11 is 5.89. The van der Waals surface area contributed by atoms with Crippen LogP contribution in [-0.4, -0.2) is 26.4 Å². The molecule has 1 N–H and O–H groups in total. The van der Waals surface area contributed by atoms with Crippen LogP contribution in [-0.2, 0) is 4.74 Å². The number of allylic oxidation sites excluding steroid dienone is 1. The Morgan fingerprint density at radius 1 is 1.15 bits per heavy atom. The smallest absolute Gasteiger partial charge is 0.411 e. The Morgan fingerprint density at radius 2 is 1.96 bits per heavy atom. The SMILES string of the molecule is C/C=C\c1ccc(OCCOC(=O)Nc2ccc(Cl)cc2C)c(OC)c1. The molecule has 0 aliphatic carbocycles. The van der Waals surface area contributed by atoms with E-state index in [2.05, 4.69) is 5.32 Å². The maximum atomic E-state index is 11.8. The molecule has 0 spiro atoms. The zero-order chi connectivity index (χ0) is 18.9. The van der Waals surface area contributed by atoms with Gasteiger partial charge in [0.1, 0.15) is 13.2 Å². The zero-order valence-corrected chi connectivity index (χ0v) is 15.8. The third-order valence-corrected chi connectivity index (χ3v) is 3.78. The Balaban J connectivity index is 1.82. The van der Waals surface area contributed by atoms with Gasteiger partial charge < -0.3 is 14.2 Å². The number of ether oxygens (including phenoxy) is 3. The van der Waals surface area contributed by atoms with E-state index in [0.29, 0.717) is 22.2 Å². The molecule has 0 unspecified atom stereocenters. The van der Waals surface area contributed by atoms with Crippen LogP contribution in [0.25, 0.3) is 6.08 Å². The van der Waals surface area contributed by atoms with Crippen LogP contribution in [0.15, 0.2) is 42.5 Å². The standard InChI is InChI=1S/C20H22ClNO4/c1-4-5-15-6-9-18(19(13-15)24-3)25-10-11-26-20(23)22-17-8-7-16(21)12-14(17)2/h4-9,12-13H,10-11H2,1-3H3,(H,22,23)/b5-4-. The van der Waals surface area contributed by atoms with Crippen molar-refractivity contribution < 1.29 is 19.0 Å². The Bertz CT molecular complexity index is 789. The molecule has 5 nitrogen and oxygen atoms in total. The van der Waals surface area contributed by atoms with E-state index in [0.717, 1.165) is 11.1 Å². The average Bonchev–Trinajstić information content (AvgIpc) is 2.62. The van der Waals surface area contributed by atoms with Crippen LogP contribution in [0.1, 0.15) is 18.1 Å². The number of benzene rings is 2. The van der Waals surface area contributed by atoms with Crippen molar-refractivity contribution in [3.05, 3.63) is 58.6 Å². The molecule has 26 heavy (non-hydrogen) atoms. The second-order valence-electron chi connectivity index (χ2n) is 5.48. The number of halogens is 1. The van der Waals surface area contributed by atoms with Crippen molar-refractivity contribution in [2.24, 2.45) is 0 Å². The minimum atomic E-state index is -0.547.